The van der Waals surface area contributed by atoms with Gasteiger partial charge >= 0.3 is 5.97 Å². The highest BCUT2D eigenvalue weighted by atomic mass is 16.5. The van der Waals surface area contributed by atoms with Crippen molar-refractivity contribution < 1.29 is 9.53 Å². The van der Waals surface area contributed by atoms with Gasteiger partial charge in [-0.25, -0.2) is 0 Å². The predicted molar refractivity (Wildman–Crippen MR) is 65.3 cm³/mol. The Balaban J connectivity index is 2.21. The van der Waals surface area contributed by atoms with Gasteiger partial charge in [0.05, 0.1) is 7.11 Å². The van der Waals surface area contributed by atoms with Gasteiger partial charge in [-0.2, -0.15) is 0 Å². The molecule has 0 aromatic heterocycles. The summed E-state index contributed by atoms with van der Waals surface area (Å²) in [7, 11) is 1.48. The van der Waals surface area contributed by atoms with Crippen LogP contribution in [0.4, 0.5) is 0 Å². The van der Waals surface area contributed by atoms with Crippen LogP contribution in [0.3, 0.4) is 0 Å². The highest BCUT2D eigenvalue weighted by molar-refractivity contribution is 5.76. The van der Waals surface area contributed by atoms with Gasteiger partial charge in [0, 0.05) is 12.6 Å². The quantitative estimate of drug-likeness (QED) is 0.494. The van der Waals surface area contributed by atoms with Crippen LogP contribution in [0, 0.1) is 0 Å². The van der Waals surface area contributed by atoms with Crippen LogP contribution in [-0.2, 0) is 9.53 Å². The molecule has 1 aliphatic heterocycles. The zero-order chi connectivity index (χ0) is 12.0. The first-order valence-electron chi connectivity index (χ1n) is 6.54. The molecule has 0 aliphatic carbocycles. The Morgan fingerprint density at radius 2 is 2.19 bits per heavy atom. The Morgan fingerprint density at radius 3 is 2.69 bits per heavy atom. The number of ether oxygens (including phenoxy) is 1. The molecule has 1 fully saturated rings. The molecule has 1 saturated heterocycles. The molecule has 94 valence electrons. The fourth-order valence-electron chi connectivity index (χ4n) is 2.36. The minimum Gasteiger partial charge on any atom is -0.468 e. The van der Waals surface area contributed by atoms with Crippen LogP contribution in [0.1, 0.15) is 52.4 Å². The van der Waals surface area contributed by atoms with Crippen LogP contribution in [-0.4, -0.2) is 36.6 Å². The van der Waals surface area contributed by atoms with Gasteiger partial charge in [0.25, 0.3) is 0 Å². The molecular weight excluding hydrogens is 202 g/mol. The third-order valence-corrected chi connectivity index (χ3v) is 3.58. The molecule has 2 atom stereocenters. The standard InChI is InChI=1S/C13H25NO2/c1-4-5-6-7-8-11(2)14-10-9-12(14)13(15)16-3/h11-12H,4-10H2,1-3H3. The number of likely N-dealkylation sites (tertiary alicyclic amines) is 1. The minimum atomic E-state index is -0.0633. The van der Waals surface area contributed by atoms with E-state index < -0.39 is 0 Å². The summed E-state index contributed by atoms with van der Waals surface area (Å²) in [6.45, 7) is 5.50. The van der Waals surface area contributed by atoms with Crippen molar-refractivity contribution in [2.75, 3.05) is 13.7 Å². The van der Waals surface area contributed by atoms with Gasteiger partial charge < -0.3 is 4.74 Å². The Labute approximate surface area is 99.1 Å². The SMILES string of the molecule is CCCCCCC(C)N1CCC1C(=O)OC. The van der Waals surface area contributed by atoms with Crippen molar-refractivity contribution in [2.45, 2.75) is 64.5 Å². The zero-order valence-electron chi connectivity index (χ0n) is 10.9. The minimum absolute atomic E-state index is 0.0335. The fourth-order valence-corrected chi connectivity index (χ4v) is 2.36. The second-order valence-electron chi connectivity index (χ2n) is 4.76. The Kier molecular flexibility index (Phi) is 5.81. The summed E-state index contributed by atoms with van der Waals surface area (Å²) in [5, 5.41) is 0. The number of carbonyl (C=O) groups is 1. The lowest BCUT2D eigenvalue weighted by molar-refractivity contribution is -0.153. The molecule has 0 aromatic carbocycles. The predicted octanol–water partition coefficient (Wildman–Crippen LogP) is 2.59. The third kappa shape index (κ3) is 3.48. The van der Waals surface area contributed by atoms with Crippen LogP contribution < -0.4 is 0 Å². The van der Waals surface area contributed by atoms with Crippen LogP contribution in [0.5, 0.6) is 0 Å². The second kappa shape index (κ2) is 6.89. The van der Waals surface area contributed by atoms with Gasteiger partial charge in [0.2, 0.25) is 0 Å². The molecule has 3 nitrogen and oxygen atoms in total. The van der Waals surface area contributed by atoms with Gasteiger partial charge in [0.1, 0.15) is 6.04 Å². The Morgan fingerprint density at radius 1 is 1.44 bits per heavy atom. The maximum absolute atomic E-state index is 11.4. The molecule has 1 aliphatic rings. The summed E-state index contributed by atoms with van der Waals surface area (Å²) in [5.74, 6) is -0.0633. The summed E-state index contributed by atoms with van der Waals surface area (Å²) >= 11 is 0. The topological polar surface area (TPSA) is 29.5 Å². The summed E-state index contributed by atoms with van der Waals surface area (Å²) in [4.78, 5) is 13.7. The first-order chi connectivity index (χ1) is 7.70. The smallest absolute Gasteiger partial charge is 0.323 e. The molecule has 2 unspecified atom stereocenters. The van der Waals surface area contributed by atoms with Crippen molar-refractivity contribution in [1.29, 1.82) is 0 Å². The van der Waals surface area contributed by atoms with E-state index in [0.29, 0.717) is 6.04 Å². The lowest BCUT2D eigenvalue weighted by atomic mass is 9.97. The fraction of sp³-hybridized carbons (Fsp3) is 0.923. The van der Waals surface area contributed by atoms with Crippen molar-refractivity contribution >= 4 is 5.97 Å². The first-order valence-corrected chi connectivity index (χ1v) is 6.54. The van der Waals surface area contributed by atoms with E-state index in [1.165, 1.54) is 39.2 Å². The molecule has 1 rings (SSSR count). The van der Waals surface area contributed by atoms with Crippen molar-refractivity contribution in [3.63, 3.8) is 0 Å². The van der Waals surface area contributed by atoms with Crippen molar-refractivity contribution in [1.82, 2.24) is 4.90 Å². The Bertz CT molecular complexity index is 218. The Hall–Kier alpha value is -0.570. The van der Waals surface area contributed by atoms with E-state index in [1.54, 1.807) is 0 Å². The summed E-state index contributed by atoms with van der Waals surface area (Å²) in [6, 6.07) is 0.556. The highest BCUT2D eigenvalue weighted by Crippen LogP contribution is 2.24. The monoisotopic (exact) mass is 227 g/mol. The van der Waals surface area contributed by atoms with Gasteiger partial charge in [-0.15, -0.1) is 0 Å². The highest BCUT2D eigenvalue weighted by Gasteiger charge is 2.37. The molecule has 0 amide bonds. The number of carbonyl (C=O) groups excluding carboxylic acids is 1. The van der Waals surface area contributed by atoms with Crippen LogP contribution in [0.15, 0.2) is 0 Å². The largest absolute Gasteiger partial charge is 0.468 e. The molecule has 1 heterocycles. The number of esters is 1. The molecular formula is C13H25NO2. The number of hydrogen-bond donors (Lipinski definition) is 0. The molecule has 16 heavy (non-hydrogen) atoms. The molecule has 3 heteroatoms. The normalized spacial score (nSPS) is 22.6. The molecule has 0 bridgehead atoms. The number of hydrogen-bond acceptors (Lipinski definition) is 3. The molecule has 0 N–H and O–H groups in total. The molecule has 0 saturated carbocycles. The average Bonchev–Trinajstić information content (AvgIpc) is 2.22. The second-order valence-corrected chi connectivity index (χ2v) is 4.76. The molecule has 0 spiro atoms. The maximum atomic E-state index is 11.4. The average molecular weight is 227 g/mol. The van der Waals surface area contributed by atoms with Crippen LogP contribution in [0.2, 0.25) is 0 Å². The lowest BCUT2D eigenvalue weighted by Crippen LogP contribution is -2.56. The number of nitrogens with zero attached hydrogens (tertiary/aromatic N) is 1. The summed E-state index contributed by atoms with van der Waals surface area (Å²) in [6.07, 6.45) is 7.37. The zero-order valence-corrected chi connectivity index (χ0v) is 10.9. The summed E-state index contributed by atoms with van der Waals surface area (Å²) in [5.41, 5.74) is 0. The van der Waals surface area contributed by atoms with E-state index in [1.807, 2.05) is 0 Å². The van der Waals surface area contributed by atoms with E-state index >= 15 is 0 Å². The van der Waals surface area contributed by atoms with Crippen molar-refractivity contribution in [3.8, 4) is 0 Å². The van der Waals surface area contributed by atoms with Gasteiger partial charge in [0.15, 0.2) is 0 Å². The van der Waals surface area contributed by atoms with Gasteiger partial charge in [-0.05, 0) is 19.8 Å². The van der Waals surface area contributed by atoms with Crippen LogP contribution in [0.25, 0.3) is 0 Å². The van der Waals surface area contributed by atoms with E-state index in [4.69, 9.17) is 4.74 Å². The van der Waals surface area contributed by atoms with Gasteiger partial charge in [-0.3, -0.25) is 9.69 Å². The van der Waals surface area contributed by atoms with Crippen molar-refractivity contribution in [3.05, 3.63) is 0 Å². The maximum Gasteiger partial charge on any atom is 0.323 e. The number of unbranched alkanes of at least 4 members (excludes halogenated alkanes) is 3. The summed E-state index contributed by atoms with van der Waals surface area (Å²) < 4.78 is 4.80. The van der Waals surface area contributed by atoms with Gasteiger partial charge in [-0.1, -0.05) is 32.6 Å². The molecule has 0 radical (unpaired) electrons. The number of methoxy groups -OCH3 is 1. The number of rotatable bonds is 7. The van der Waals surface area contributed by atoms with E-state index in [-0.39, 0.29) is 12.0 Å². The first kappa shape index (κ1) is 13.5. The third-order valence-electron chi connectivity index (χ3n) is 3.58. The van der Waals surface area contributed by atoms with E-state index in [0.717, 1.165) is 13.0 Å². The van der Waals surface area contributed by atoms with Crippen molar-refractivity contribution in [2.24, 2.45) is 0 Å². The molecule has 0 aromatic rings. The van der Waals surface area contributed by atoms with Crippen LogP contribution >= 0.6 is 0 Å². The van der Waals surface area contributed by atoms with E-state index in [9.17, 15) is 4.79 Å². The lowest BCUT2D eigenvalue weighted by Gasteiger charge is -2.43. The van der Waals surface area contributed by atoms with E-state index in [2.05, 4.69) is 18.7 Å².